The van der Waals surface area contributed by atoms with Crippen molar-refractivity contribution in [3.05, 3.63) is 62.6 Å². The van der Waals surface area contributed by atoms with Crippen molar-refractivity contribution < 1.29 is 19.1 Å². The van der Waals surface area contributed by atoms with Crippen molar-refractivity contribution in [1.29, 1.82) is 0 Å². The molecule has 0 aliphatic carbocycles. The van der Waals surface area contributed by atoms with Crippen LogP contribution in [0, 0.1) is 19.7 Å². The van der Waals surface area contributed by atoms with Gasteiger partial charge in [0.2, 0.25) is 0 Å². The first-order chi connectivity index (χ1) is 10.3. The minimum atomic E-state index is -1.36. The van der Waals surface area contributed by atoms with Crippen LogP contribution in [-0.2, 0) is 0 Å². The Labute approximate surface area is 134 Å². The second-order valence-electron chi connectivity index (χ2n) is 4.78. The summed E-state index contributed by atoms with van der Waals surface area (Å²) >= 11 is 3.07. The van der Waals surface area contributed by atoms with Gasteiger partial charge in [-0.3, -0.25) is 4.79 Å². The number of aromatic amines is 1. The van der Waals surface area contributed by atoms with Crippen LogP contribution in [0.3, 0.4) is 0 Å². The minimum absolute atomic E-state index is 0.0984. The molecule has 1 aromatic heterocycles. The lowest BCUT2D eigenvalue weighted by Crippen LogP contribution is -2.23. The molecule has 0 fully saturated rings. The van der Waals surface area contributed by atoms with Crippen LogP contribution in [0.4, 0.5) is 4.39 Å². The molecule has 0 radical (unpaired) electrons. The van der Waals surface area contributed by atoms with Crippen LogP contribution in [-0.4, -0.2) is 16.7 Å². The number of benzene rings is 1. The van der Waals surface area contributed by atoms with Gasteiger partial charge in [0, 0.05) is 11.3 Å². The summed E-state index contributed by atoms with van der Waals surface area (Å²) in [5.74, 6) is -2.08. The third-order valence-electron chi connectivity index (χ3n) is 3.26. The molecule has 22 heavy (non-hydrogen) atoms. The van der Waals surface area contributed by atoms with E-state index in [1.54, 1.807) is 19.9 Å². The zero-order valence-electron chi connectivity index (χ0n) is 11.9. The smallest absolute Gasteiger partial charge is 0.187 e. The van der Waals surface area contributed by atoms with E-state index in [0.29, 0.717) is 26.9 Å². The predicted molar refractivity (Wildman–Crippen MR) is 82.1 cm³/mol. The van der Waals surface area contributed by atoms with Gasteiger partial charge in [0.15, 0.2) is 5.78 Å². The Balaban J connectivity index is 2.31. The lowest BCUT2D eigenvalue weighted by atomic mass is 10.0. The van der Waals surface area contributed by atoms with E-state index in [2.05, 4.69) is 20.9 Å². The number of nitrogens with one attached hydrogen (secondary N) is 1. The molecule has 0 saturated heterocycles. The number of hydrogen-bond donors (Lipinski definition) is 1. The molecule has 114 valence electrons. The summed E-state index contributed by atoms with van der Waals surface area (Å²) in [6, 6.07) is 4.37. The van der Waals surface area contributed by atoms with Crippen LogP contribution in [0.25, 0.3) is 6.08 Å². The van der Waals surface area contributed by atoms with E-state index in [9.17, 15) is 19.1 Å². The van der Waals surface area contributed by atoms with Crippen LogP contribution in [0.15, 0.2) is 28.7 Å². The highest BCUT2D eigenvalue weighted by molar-refractivity contribution is 9.10. The summed E-state index contributed by atoms with van der Waals surface area (Å²) in [7, 11) is 0. The second kappa shape index (κ2) is 6.27. The first-order valence-electron chi connectivity index (χ1n) is 6.39. The fourth-order valence-electron chi connectivity index (χ4n) is 2.20. The van der Waals surface area contributed by atoms with Crippen LogP contribution in [0.1, 0.15) is 37.7 Å². The Morgan fingerprint density at radius 3 is 2.55 bits per heavy atom. The molecular weight excluding hydrogens is 353 g/mol. The highest BCUT2D eigenvalue weighted by Crippen LogP contribution is 2.20. The number of aromatic nitrogens is 1. The molecule has 1 heterocycles. The zero-order chi connectivity index (χ0) is 16.4. The van der Waals surface area contributed by atoms with E-state index in [1.807, 2.05) is 0 Å². The van der Waals surface area contributed by atoms with E-state index in [4.69, 9.17) is 0 Å². The van der Waals surface area contributed by atoms with Crippen molar-refractivity contribution in [2.24, 2.45) is 0 Å². The number of H-pyrrole nitrogens is 1. The number of carbonyl (C=O) groups is 2. The summed E-state index contributed by atoms with van der Waals surface area (Å²) in [6.45, 7) is 3.17. The Morgan fingerprint density at radius 1 is 1.32 bits per heavy atom. The van der Waals surface area contributed by atoms with Gasteiger partial charge in [0.25, 0.3) is 0 Å². The Kier molecular flexibility index (Phi) is 4.61. The molecule has 0 bridgehead atoms. The maximum absolute atomic E-state index is 13.1. The van der Waals surface area contributed by atoms with Crippen molar-refractivity contribution in [3.8, 4) is 0 Å². The van der Waals surface area contributed by atoms with Gasteiger partial charge in [-0.15, -0.1) is 0 Å². The summed E-state index contributed by atoms with van der Waals surface area (Å²) in [6.07, 6.45) is 2.86. The monoisotopic (exact) mass is 364 g/mol. The number of carboxylic acid groups (broad SMARTS) is 1. The number of rotatable bonds is 4. The van der Waals surface area contributed by atoms with Gasteiger partial charge in [0.05, 0.1) is 16.1 Å². The maximum atomic E-state index is 13.1. The maximum Gasteiger partial charge on any atom is 0.187 e. The molecule has 0 unspecified atom stereocenters. The van der Waals surface area contributed by atoms with Gasteiger partial charge >= 0.3 is 0 Å². The number of carbonyl (C=O) groups excluding carboxylic acids is 2. The highest BCUT2D eigenvalue weighted by atomic mass is 79.9. The van der Waals surface area contributed by atoms with E-state index >= 15 is 0 Å². The van der Waals surface area contributed by atoms with Crippen molar-refractivity contribution in [2.75, 3.05) is 0 Å². The van der Waals surface area contributed by atoms with Crippen molar-refractivity contribution in [2.45, 2.75) is 13.8 Å². The molecule has 6 heteroatoms. The van der Waals surface area contributed by atoms with Gasteiger partial charge in [-0.2, -0.15) is 0 Å². The number of aromatic carboxylic acids is 1. The predicted octanol–water partition coefficient (Wildman–Crippen LogP) is 2.79. The lowest BCUT2D eigenvalue weighted by Gasteiger charge is -2.01. The summed E-state index contributed by atoms with van der Waals surface area (Å²) < 4.78 is 13.4. The molecule has 0 spiro atoms. The first kappa shape index (κ1) is 16.2. The topological polar surface area (TPSA) is 73.0 Å². The molecule has 4 nitrogen and oxygen atoms in total. The number of halogens is 2. The third-order valence-corrected chi connectivity index (χ3v) is 3.87. The fourth-order valence-corrected chi connectivity index (χ4v) is 2.59. The molecule has 0 aliphatic heterocycles. The number of allylic oxidation sites excluding steroid dienone is 1. The summed E-state index contributed by atoms with van der Waals surface area (Å²) in [4.78, 5) is 25.8. The molecule has 1 N–H and O–H groups in total. The Hall–Kier alpha value is -2.21. The van der Waals surface area contributed by atoms with E-state index in [0.717, 1.165) is 0 Å². The molecule has 1 aromatic carbocycles. The van der Waals surface area contributed by atoms with Gasteiger partial charge in [-0.1, -0.05) is 12.1 Å². The Morgan fingerprint density at radius 2 is 2.00 bits per heavy atom. The van der Waals surface area contributed by atoms with Gasteiger partial charge in [-0.25, -0.2) is 4.39 Å². The first-order valence-corrected chi connectivity index (χ1v) is 7.18. The van der Waals surface area contributed by atoms with Crippen LogP contribution >= 0.6 is 15.9 Å². The third kappa shape index (κ3) is 3.17. The highest BCUT2D eigenvalue weighted by Gasteiger charge is 2.16. The van der Waals surface area contributed by atoms with Crippen molar-refractivity contribution in [3.63, 3.8) is 0 Å². The molecular formula is C16H12BrFNO3-. The van der Waals surface area contributed by atoms with Crippen LogP contribution < -0.4 is 5.11 Å². The molecule has 2 aromatic rings. The largest absolute Gasteiger partial charge is 0.543 e. The van der Waals surface area contributed by atoms with Gasteiger partial charge in [-0.05, 0) is 59.1 Å². The van der Waals surface area contributed by atoms with E-state index in [-0.39, 0.29) is 17.3 Å². The SMILES string of the molecule is Cc1[nH]c(C(=O)[O-])c(C)c1C(=O)/C=C/c1ccc(F)c(Br)c1. The molecule has 0 atom stereocenters. The Bertz CT molecular complexity index is 793. The molecule has 0 aliphatic rings. The van der Waals surface area contributed by atoms with Crippen molar-refractivity contribution in [1.82, 2.24) is 4.98 Å². The lowest BCUT2D eigenvalue weighted by molar-refractivity contribution is -0.255. The number of hydrogen-bond acceptors (Lipinski definition) is 3. The minimum Gasteiger partial charge on any atom is -0.543 e. The molecule has 2 rings (SSSR count). The van der Waals surface area contributed by atoms with E-state index < -0.39 is 5.97 Å². The normalized spacial score (nSPS) is 11.1. The average Bonchev–Trinajstić information content (AvgIpc) is 2.75. The number of aryl methyl sites for hydroxylation is 1. The van der Waals surface area contributed by atoms with Gasteiger partial charge in [0.1, 0.15) is 5.82 Å². The number of ketones is 1. The molecule has 0 saturated carbocycles. The average molecular weight is 365 g/mol. The summed E-state index contributed by atoms with van der Waals surface area (Å²) in [5, 5.41) is 10.9. The van der Waals surface area contributed by atoms with E-state index in [1.165, 1.54) is 24.3 Å². The fraction of sp³-hybridized carbons (Fsp3) is 0.125. The summed E-state index contributed by atoms with van der Waals surface area (Å²) in [5.41, 5.74) is 1.65. The quantitative estimate of drug-likeness (QED) is 0.669. The van der Waals surface area contributed by atoms with Crippen LogP contribution in [0.2, 0.25) is 0 Å². The van der Waals surface area contributed by atoms with Crippen molar-refractivity contribution >= 4 is 33.8 Å². The standard InChI is InChI=1S/C16H13BrFNO3/c1-8-14(9(2)19-15(8)16(21)22)13(20)6-4-10-3-5-12(18)11(17)7-10/h3-7,19H,1-2H3,(H,21,22)/p-1/b6-4+. The molecule has 0 amide bonds. The second-order valence-corrected chi connectivity index (χ2v) is 5.64. The van der Waals surface area contributed by atoms with Gasteiger partial charge < -0.3 is 14.9 Å². The zero-order valence-corrected chi connectivity index (χ0v) is 13.5. The van der Waals surface area contributed by atoms with Crippen LogP contribution in [0.5, 0.6) is 0 Å². The number of carboxylic acids is 1.